The van der Waals surface area contributed by atoms with Gasteiger partial charge >= 0.3 is 0 Å². The van der Waals surface area contributed by atoms with Crippen LogP contribution in [0, 0.1) is 22.0 Å². The molecule has 0 aromatic heterocycles. The van der Waals surface area contributed by atoms with Crippen LogP contribution in [0.5, 0.6) is 0 Å². The van der Waals surface area contributed by atoms with Gasteiger partial charge in [-0.2, -0.15) is 5.26 Å². The first kappa shape index (κ1) is 13.1. The van der Waals surface area contributed by atoms with Gasteiger partial charge < -0.3 is 5.21 Å². The zero-order valence-corrected chi connectivity index (χ0v) is 12.1. The first-order valence-corrected chi connectivity index (χ1v) is 6.71. The van der Waals surface area contributed by atoms with E-state index in [9.17, 15) is 5.21 Å². The van der Waals surface area contributed by atoms with E-state index >= 15 is 0 Å². The monoisotopic (exact) mass is 306 g/mol. The highest BCUT2D eigenvalue weighted by Crippen LogP contribution is 2.36. The lowest BCUT2D eigenvalue weighted by molar-refractivity contribution is -0.490. The van der Waals surface area contributed by atoms with Gasteiger partial charge in [-0.15, -0.1) is 0 Å². The summed E-state index contributed by atoms with van der Waals surface area (Å²) >= 11 is 3.39. The number of nitrogens with zero attached hydrogens (tertiary/aromatic N) is 2. The molecule has 0 N–H and O–H groups in total. The fraction of sp³-hybridized carbons (Fsp3) is 0.429. The summed E-state index contributed by atoms with van der Waals surface area (Å²) < 4.78 is 2.03. The standard InChI is InChI=1S/C14H15BrN2O/c1-14(2)9-12(7-8-16)17(18)13(14)10-3-5-11(15)6-4-10/h3-6,12H,7,9H2,1-2H3. The molecule has 94 valence electrons. The maximum atomic E-state index is 12.3. The van der Waals surface area contributed by atoms with Crippen molar-refractivity contribution in [3.63, 3.8) is 0 Å². The van der Waals surface area contributed by atoms with E-state index in [0.29, 0.717) is 0 Å². The predicted octanol–water partition coefficient (Wildman–Crippen LogP) is 3.46. The van der Waals surface area contributed by atoms with Crippen LogP contribution in [0.2, 0.25) is 0 Å². The van der Waals surface area contributed by atoms with Crippen LogP contribution in [0.15, 0.2) is 28.7 Å². The first-order valence-electron chi connectivity index (χ1n) is 5.92. The average Bonchev–Trinajstić information content (AvgIpc) is 2.52. The fourth-order valence-electron chi connectivity index (χ4n) is 2.64. The maximum Gasteiger partial charge on any atom is 0.200 e. The number of hydrogen-bond donors (Lipinski definition) is 0. The Morgan fingerprint density at radius 3 is 2.61 bits per heavy atom. The van der Waals surface area contributed by atoms with Gasteiger partial charge in [-0.3, -0.25) is 0 Å². The molecule has 1 unspecified atom stereocenters. The first-order chi connectivity index (χ1) is 8.45. The van der Waals surface area contributed by atoms with E-state index in [1.807, 2.05) is 24.3 Å². The minimum absolute atomic E-state index is 0.183. The Kier molecular flexibility index (Phi) is 3.45. The fourth-order valence-corrected chi connectivity index (χ4v) is 2.90. The van der Waals surface area contributed by atoms with Crippen LogP contribution in [0.4, 0.5) is 0 Å². The normalized spacial score (nSPS) is 22.0. The van der Waals surface area contributed by atoms with Gasteiger partial charge in [-0.1, -0.05) is 15.9 Å². The van der Waals surface area contributed by atoms with Gasteiger partial charge in [0, 0.05) is 16.5 Å². The lowest BCUT2D eigenvalue weighted by Gasteiger charge is -2.16. The molecule has 0 saturated heterocycles. The van der Waals surface area contributed by atoms with Crippen molar-refractivity contribution in [2.24, 2.45) is 5.41 Å². The predicted molar refractivity (Wildman–Crippen MR) is 74.3 cm³/mol. The number of hydroxylamine groups is 1. The van der Waals surface area contributed by atoms with Crippen molar-refractivity contribution in [3.8, 4) is 6.07 Å². The Bertz CT molecular complexity index is 526. The summed E-state index contributed by atoms with van der Waals surface area (Å²) in [6.45, 7) is 4.12. The van der Waals surface area contributed by atoms with Gasteiger partial charge in [-0.25, -0.2) is 4.74 Å². The molecule has 0 fully saturated rings. The summed E-state index contributed by atoms with van der Waals surface area (Å²) in [6, 6.07) is 9.64. The third kappa shape index (κ3) is 2.28. The minimum Gasteiger partial charge on any atom is -0.623 e. The van der Waals surface area contributed by atoms with Crippen molar-refractivity contribution < 1.29 is 4.74 Å². The summed E-state index contributed by atoms with van der Waals surface area (Å²) in [5, 5.41) is 21.1. The topological polar surface area (TPSA) is 49.9 Å². The second-order valence-electron chi connectivity index (χ2n) is 5.29. The van der Waals surface area contributed by atoms with Gasteiger partial charge in [0.25, 0.3) is 0 Å². The maximum absolute atomic E-state index is 12.3. The van der Waals surface area contributed by atoms with Crippen molar-refractivity contribution in [3.05, 3.63) is 39.5 Å². The van der Waals surface area contributed by atoms with Crippen molar-refractivity contribution in [2.75, 3.05) is 0 Å². The Morgan fingerprint density at radius 1 is 1.44 bits per heavy atom. The summed E-state index contributed by atoms with van der Waals surface area (Å²) in [5.74, 6) is 0. The van der Waals surface area contributed by atoms with Crippen molar-refractivity contribution in [2.45, 2.75) is 32.7 Å². The zero-order chi connectivity index (χ0) is 13.3. The Labute approximate surface area is 115 Å². The Balaban J connectivity index is 2.46. The number of rotatable bonds is 2. The van der Waals surface area contributed by atoms with Crippen LogP contribution in [0.1, 0.15) is 32.3 Å². The molecular formula is C14H15BrN2O. The second-order valence-corrected chi connectivity index (χ2v) is 6.20. The van der Waals surface area contributed by atoms with Crippen LogP contribution in [0.25, 0.3) is 0 Å². The van der Waals surface area contributed by atoms with E-state index in [0.717, 1.165) is 26.9 Å². The Hall–Kier alpha value is -1.34. The summed E-state index contributed by atoms with van der Waals surface area (Å²) in [4.78, 5) is 0. The molecule has 1 aliphatic heterocycles. The van der Waals surface area contributed by atoms with Gasteiger partial charge in [0.1, 0.15) is 0 Å². The zero-order valence-electron chi connectivity index (χ0n) is 10.5. The molecule has 0 bridgehead atoms. The number of halogens is 1. The molecule has 0 spiro atoms. The highest BCUT2D eigenvalue weighted by Gasteiger charge is 2.45. The molecule has 1 heterocycles. The molecule has 18 heavy (non-hydrogen) atoms. The van der Waals surface area contributed by atoms with Crippen molar-refractivity contribution >= 4 is 21.6 Å². The van der Waals surface area contributed by atoms with E-state index in [1.165, 1.54) is 0 Å². The summed E-state index contributed by atoms with van der Waals surface area (Å²) in [6.07, 6.45) is 1.02. The summed E-state index contributed by atoms with van der Waals surface area (Å²) in [5.41, 5.74) is 1.55. The molecular weight excluding hydrogens is 292 g/mol. The lowest BCUT2D eigenvalue weighted by Crippen LogP contribution is -2.24. The highest BCUT2D eigenvalue weighted by molar-refractivity contribution is 9.10. The molecule has 2 rings (SSSR count). The van der Waals surface area contributed by atoms with E-state index in [1.54, 1.807) is 0 Å². The van der Waals surface area contributed by atoms with Crippen LogP contribution >= 0.6 is 15.9 Å². The molecule has 1 aromatic carbocycles. The van der Waals surface area contributed by atoms with Crippen molar-refractivity contribution in [1.82, 2.24) is 0 Å². The number of nitriles is 1. The molecule has 1 aromatic rings. The van der Waals surface area contributed by atoms with Gasteiger partial charge in [-0.05, 0) is 38.1 Å². The largest absolute Gasteiger partial charge is 0.623 e. The molecule has 0 saturated carbocycles. The SMILES string of the molecule is CC1(C)CC(CC#N)[N+]([O-])=C1c1ccc(Br)cc1. The van der Waals surface area contributed by atoms with Gasteiger partial charge in [0.15, 0.2) is 6.04 Å². The smallest absolute Gasteiger partial charge is 0.200 e. The van der Waals surface area contributed by atoms with E-state index < -0.39 is 0 Å². The minimum atomic E-state index is -0.219. The van der Waals surface area contributed by atoms with Gasteiger partial charge in [0.2, 0.25) is 5.71 Å². The molecule has 4 heteroatoms. The molecule has 0 radical (unpaired) electrons. The van der Waals surface area contributed by atoms with Gasteiger partial charge in [0.05, 0.1) is 17.9 Å². The Morgan fingerprint density at radius 2 is 2.06 bits per heavy atom. The van der Waals surface area contributed by atoms with E-state index in [4.69, 9.17) is 5.26 Å². The van der Waals surface area contributed by atoms with E-state index in [2.05, 4.69) is 35.8 Å². The third-order valence-corrected chi connectivity index (χ3v) is 3.91. The molecule has 1 aliphatic rings. The van der Waals surface area contributed by atoms with Crippen LogP contribution < -0.4 is 0 Å². The molecule has 3 nitrogen and oxygen atoms in total. The van der Waals surface area contributed by atoms with Crippen molar-refractivity contribution in [1.29, 1.82) is 5.26 Å². The quantitative estimate of drug-likeness (QED) is 0.620. The van der Waals surface area contributed by atoms with Crippen LogP contribution in [0.3, 0.4) is 0 Å². The van der Waals surface area contributed by atoms with E-state index in [-0.39, 0.29) is 17.9 Å². The third-order valence-electron chi connectivity index (χ3n) is 3.38. The van der Waals surface area contributed by atoms with Crippen LogP contribution in [-0.4, -0.2) is 16.5 Å². The molecule has 0 amide bonds. The molecule has 1 atom stereocenters. The second kappa shape index (κ2) is 4.74. The van der Waals surface area contributed by atoms with Crippen LogP contribution in [-0.2, 0) is 0 Å². The number of hydrogen-bond acceptors (Lipinski definition) is 2. The molecule has 0 aliphatic carbocycles. The average molecular weight is 307 g/mol. The summed E-state index contributed by atoms with van der Waals surface area (Å²) in [7, 11) is 0. The lowest BCUT2D eigenvalue weighted by atomic mass is 9.81. The highest BCUT2D eigenvalue weighted by atomic mass is 79.9. The number of benzene rings is 1.